The topological polar surface area (TPSA) is 106 Å². The Labute approximate surface area is 319 Å². The number of halogens is 1. The molecule has 3 atom stereocenters. The highest BCUT2D eigenvalue weighted by Gasteiger charge is 2.44. The minimum absolute atomic E-state index is 0.0245. The zero-order valence-electron chi connectivity index (χ0n) is 28.9. The number of rotatable bonds is 11. The number of carbonyl (C=O) groups excluding carboxylic acids is 2. The second kappa shape index (κ2) is 16.4. The molecule has 1 aromatic heterocycles. The summed E-state index contributed by atoms with van der Waals surface area (Å²) in [6.07, 6.45) is 0.00128. The normalized spacial score (nSPS) is 17.0. The van der Waals surface area contributed by atoms with Crippen molar-refractivity contribution in [3.63, 3.8) is 0 Å². The van der Waals surface area contributed by atoms with Crippen molar-refractivity contribution in [3.05, 3.63) is 217 Å². The van der Waals surface area contributed by atoms with Crippen molar-refractivity contribution in [2.75, 3.05) is 6.61 Å². The smallest absolute Gasteiger partial charge is 0.340 e. The van der Waals surface area contributed by atoms with Crippen molar-refractivity contribution in [2.24, 2.45) is 0 Å². The summed E-state index contributed by atoms with van der Waals surface area (Å²) in [5.74, 6) is -1.36. The fourth-order valence-electron chi connectivity index (χ4n) is 6.77. The van der Waals surface area contributed by atoms with Gasteiger partial charge in [0.05, 0.1) is 17.7 Å². The minimum atomic E-state index is -1.11. The highest BCUT2D eigenvalue weighted by Crippen LogP contribution is 2.42. The molecule has 0 aliphatic carbocycles. The first-order valence-corrected chi connectivity index (χ1v) is 18.3. The van der Waals surface area contributed by atoms with Crippen LogP contribution in [0.4, 0.5) is 0 Å². The standard InChI is InChI=1S/C44H35BrN2O7/c45-27-26-33-29-46(43(51)47(41(33)49)40(48)31-16-6-1-7-17-31)39-28-37(54-42(50)32-18-8-2-9-19-32)38(53-39)30-52-44(34-20-10-3-11-21-34,35-22-12-4-13-23-35)36-24-14-5-15-25-36/h1-27,29,37-39H,28,30H2/t37-,38+,39+/m0/s1. The fourth-order valence-corrected chi connectivity index (χ4v) is 7.05. The van der Waals surface area contributed by atoms with Gasteiger partial charge >= 0.3 is 11.7 Å². The van der Waals surface area contributed by atoms with Gasteiger partial charge in [0.1, 0.15) is 24.0 Å². The number of hydrogen-bond donors (Lipinski definition) is 0. The SMILES string of the molecule is O=C(O[C@H]1C[C@H](n2cc(C=CBr)c(=O)n(C(=O)c3ccccc3)c2=O)O[C@@H]1COC(c1ccccc1)(c1ccccc1)c1ccccc1)c1ccccc1. The first-order valence-electron chi connectivity index (χ1n) is 17.4. The molecule has 0 N–H and O–H groups in total. The van der Waals surface area contributed by atoms with Crippen molar-refractivity contribution in [2.45, 2.75) is 30.5 Å². The van der Waals surface area contributed by atoms with Crippen LogP contribution in [0.1, 0.15) is 55.6 Å². The summed E-state index contributed by atoms with van der Waals surface area (Å²) in [6.45, 7) is -0.0760. The molecule has 1 fully saturated rings. The van der Waals surface area contributed by atoms with E-state index in [0.717, 1.165) is 16.7 Å². The third kappa shape index (κ3) is 7.32. The van der Waals surface area contributed by atoms with Gasteiger partial charge in [0.2, 0.25) is 0 Å². The van der Waals surface area contributed by atoms with Crippen LogP contribution in [0.15, 0.2) is 172 Å². The molecule has 54 heavy (non-hydrogen) atoms. The molecule has 1 aliphatic rings. The Morgan fingerprint density at radius 1 is 0.722 bits per heavy atom. The Morgan fingerprint density at radius 2 is 1.20 bits per heavy atom. The van der Waals surface area contributed by atoms with Crippen molar-refractivity contribution >= 4 is 33.9 Å². The Hall–Kier alpha value is -5.94. The Bertz CT molecular complexity index is 2270. The van der Waals surface area contributed by atoms with Crippen molar-refractivity contribution < 1.29 is 23.8 Å². The molecule has 5 aromatic carbocycles. The average Bonchev–Trinajstić information content (AvgIpc) is 3.62. The molecule has 9 nitrogen and oxygen atoms in total. The summed E-state index contributed by atoms with van der Waals surface area (Å²) in [7, 11) is 0. The molecule has 1 aliphatic heterocycles. The van der Waals surface area contributed by atoms with Gasteiger partial charge in [-0.05, 0) is 52.0 Å². The second-order valence-corrected chi connectivity index (χ2v) is 13.2. The fraction of sp³-hybridized carbons (Fsp3) is 0.136. The van der Waals surface area contributed by atoms with Crippen LogP contribution in [0.3, 0.4) is 0 Å². The molecule has 0 radical (unpaired) electrons. The lowest BCUT2D eigenvalue weighted by Gasteiger charge is -2.37. The van der Waals surface area contributed by atoms with E-state index in [9.17, 15) is 19.2 Å². The monoisotopic (exact) mass is 782 g/mol. The molecule has 0 spiro atoms. The highest BCUT2D eigenvalue weighted by molar-refractivity contribution is 9.11. The maximum absolute atomic E-state index is 14.1. The Balaban J connectivity index is 1.31. The van der Waals surface area contributed by atoms with Crippen LogP contribution in [-0.2, 0) is 19.8 Å². The lowest BCUT2D eigenvalue weighted by Crippen LogP contribution is -2.45. The molecule has 0 amide bonds. The van der Waals surface area contributed by atoms with Crippen molar-refractivity contribution in [1.29, 1.82) is 0 Å². The van der Waals surface area contributed by atoms with Crippen LogP contribution in [0.5, 0.6) is 0 Å². The summed E-state index contributed by atoms with van der Waals surface area (Å²) < 4.78 is 21.6. The summed E-state index contributed by atoms with van der Waals surface area (Å²) >= 11 is 3.21. The molecule has 2 heterocycles. The summed E-state index contributed by atoms with van der Waals surface area (Å²) in [4.78, 5) is 56.3. The van der Waals surface area contributed by atoms with Crippen LogP contribution < -0.4 is 11.2 Å². The van der Waals surface area contributed by atoms with E-state index in [1.807, 2.05) is 91.0 Å². The molecule has 6 aromatic rings. The van der Waals surface area contributed by atoms with Gasteiger partial charge < -0.3 is 14.2 Å². The lowest BCUT2D eigenvalue weighted by molar-refractivity contribution is -0.0968. The van der Waals surface area contributed by atoms with Gasteiger partial charge in [-0.1, -0.05) is 143 Å². The van der Waals surface area contributed by atoms with E-state index < -0.39 is 47.2 Å². The van der Waals surface area contributed by atoms with E-state index in [4.69, 9.17) is 14.2 Å². The number of nitrogens with zero attached hydrogens (tertiary/aromatic N) is 2. The predicted molar refractivity (Wildman–Crippen MR) is 208 cm³/mol. The van der Waals surface area contributed by atoms with Gasteiger partial charge in [0.15, 0.2) is 0 Å². The van der Waals surface area contributed by atoms with Gasteiger partial charge in [0.25, 0.3) is 11.5 Å². The number of ether oxygens (including phenoxy) is 3. The van der Waals surface area contributed by atoms with Crippen molar-refractivity contribution in [1.82, 2.24) is 9.13 Å². The lowest BCUT2D eigenvalue weighted by atomic mass is 9.80. The molecule has 10 heteroatoms. The molecule has 1 saturated heterocycles. The number of hydrogen-bond acceptors (Lipinski definition) is 7. The molecule has 0 bridgehead atoms. The molecule has 270 valence electrons. The molecular weight excluding hydrogens is 748 g/mol. The Kier molecular flexibility index (Phi) is 11.1. The average molecular weight is 784 g/mol. The first kappa shape index (κ1) is 36.4. The number of benzene rings is 5. The maximum atomic E-state index is 14.1. The van der Waals surface area contributed by atoms with Gasteiger partial charge in [0, 0.05) is 18.2 Å². The van der Waals surface area contributed by atoms with E-state index >= 15 is 0 Å². The number of esters is 1. The van der Waals surface area contributed by atoms with Crippen LogP contribution >= 0.6 is 15.9 Å². The molecule has 0 saturated carbocycles. The number of aromatic nitrogens is 2. The van der Waals surface area contributed by atoms with Crippen LogP contribution in [0, 0.1) is 0 Å². The van der Waals surface area contributed by atoms with E-state index in [2.05, 4.69) is 15.9 Å². The minimum Gasteiger partial charge on any atom is -0.456 e. The summed E-state index contributed by atoms with van der Waals surface area (Å²) in [5.41, 5.74) is 0.368. The molecule has 7 rings (SSSR count). The summed E-state index contributed by atoms with van der Waals surface area (Å²) in [5, 5.41) is 0. The molecular formula is C44H35BrN2O7. The maximum Gasteiger partial charge on any atom is 0.340 e. The van der Waals surface area contributed by atoms with Gasteiger partial charge in [-0.2, -0.15) is 4.57 Å². The third-order valence-corrected chi connectivity index (χ3v) is 9.63. The van der Waals surface area contributed by atoms with Gasteiger partial charge in [-0.3, -0.25) is 14.2 Å². The molecule has 0 unspecified atom stereocenters. The number of carbonyl (C=O) groups is 2. The zero-order valence-corrected chi connectivity index (χ0v) is 30.5. The largest absolute Gasteiger partial charge is 0.456 e. The summed E-state index contributed by atoms with van der Waals surface area (Å²) in [6, 6.07) is 46.2. The highest BCUT2D eigenvalue weighted by atomic mass is 79.9. The van der Waals surface area contributed by atoms with Crippen LogP contribution in [-0.4, -0.2) is 39.8 Å². The Morgan fingerprint density at radius 3 is 1.70 bits per heavy atom. The second-order valence-electron chi connectivity index (χ2n) is 12.6. The van der Waals surface area contributed by atoms with Crippen LogP contribution in [0.2, 0.25) is 0 Å². The third-order valence-electron chi connectivity index (χ3n) is 9.37. The van der Waals surface area contributed by atoms with Gasteiger partial charge in [-0.25, -0.2) is 9.59 Å². The van der Waals surface area contributed by atoms with Gasteiger partial charge in [-0.15, -0.1) is 0 Å². The zero-order chi connectivity index (χ0) is 37.5. The van der Waals surface area contributed by atoms with E-state index in [1.165, 1.54) is 34.0 Å². The quantitative estimate of drug-likeness (QED) is 0.0986. The van der Waals surface area contributed by atoms with E-state index in [1.54, 1.807) is 48.5 Å². The van der Waals surface area contributed by atoms with E-state index in [0.29, 0.717) is 10.1 Å². The van der Waals surface area contributed by atoms with Crippen LogP contribution in [0.25, 0.3) is 6.08 Å². The first-order chi connectivity index (χ1) is 26.4. The predicted octanol–water partition coefficient (Wildman–Crippen LogP) is 7.59. The van der Waals surface area contributed by atoms with E-state index in [-0.39, 0.29) is 24.2 Å². The van der Waals surface area contributed by atoms with Crippen molar-refractivity contribution in [3.8, 4) is 0 Å².